The lowest BCUT2D eigenvalue weighted by Gasteiger charge is -1.78. The van der Waals surface area contributed by atoms with Crippen molar-refractivity contribution < 1.29 is 0 Å². The normalized spacial score (nSPS) is 16.2. The highest BCUT2D eigenvalue weighted by Crippen LogP contribution is 2.05. The molecule has 0 saturated carbocycles. The Morgan fingerprint density at radius 2 is 2.00 bits per heavy atom. The van der Waals surface area contributed by atoms with Crippen molar-refractivity contribution in [2.24, 2.45) is 10.7 Å². The van der Waals surface area contributed by atoms with Gasteiger partial charge in [-0.2, -0.15) is 0 Å². The molecule has 2 N–H and O–H groups in total. The summed E-state index contributed by atoms with van der Waals surface area (Å²) in [6.45, 7) is 0.913. The zero-order chi connectivity index (χ0) is 7.98. The fourth-order valence-corrected chi connectivity index (χ4v) is 0.926. The molecule has 0 amide bonds. The molecule has 0 bridgehead atoms. The minimum absolute atomic E-state index is 0.745. The van der Waals surface area contributed by atoms with E-state index in [4.69, 9.17) is 40.5 Å². The summed E-state index contributed by atoms with van der Waals surface area (Å²) in [4.78, 5) is 3.89. The number of halogens is 3. The molecular formula is C4H7Cl3N2S. The van der Waals surface area contributed by atoms with Crippen LogP contribution in [0, 0.1) is 0 Å². The molecule has 6 heteroatoms. The predicted octanol–water partition coefficient (Wildman–Crippen LogP) is 2.03. The van der Waals surface area contributed by atoms with Crippen LogP contribution in [-0.4, -0.2) is 21.8 Å². The molecule has 0 saturated heterocycles. The average Bonchev–Trinajstić information content (AvgIpc) is 2.15. The van der Waals surface area contributed by atoms with Crippen LogP contribution in [0.2, 0.25) is 0 Å². The van der Waals surface area contributed by atoms with Crippen molar-refractivity contribution in [2.45, 2.75) is 4.30 Å². The van der Waals surface area contributed by atoms with Crippen LogP contribution in [0.15, 0.2) is 4.99 Å². The molecule has 0 aliphatic carbocycles. The number of rotatable bonds is 0. The minimum atomic E-state index is -0.750. The van der Waals surface area contributed by atoms with E-state index < -0.39 is 4.30 Å². The fourth-order valence-electron chi connectivity index (χ4n) is 0.352. The summed E-state index contributed by atoms with van der Waals surface area (Å²) in [5, 5.41) is 0.745. The molecule has 1 rings (SSSR count). The Morgan fingerprint density at radius 3 is 2.10 bits per heavy atom. The maximum absolute atomic E-state index is 5.25. The molecular weight excluding hydrogens is 214 g/mol. The van der Waals surface area contributed by atoms with Crippen molar-refractivity contribution in [3.05, 3.63) is 0 Å². The summed E-state index contributed by atoms with van der Waals surface area (Å²) in [5.41, 5.74) is 5.25. The Labute approximate surface area is 79.1 Å². The Hall–Kier alpha value is 0.690. The van der Waals surface area contributed by atoms with Crippen LogP contribution in [-0.2, 0) is 0 Å². The van der Waals surface area contributed by atoms with Crippen LogP contribution >= 0.6 is 46.6 Å². The van der Waals surface area contributed by atoms with Gasteiger partial charge in [0.05, 0.1) is 6.54 Å². The number of amidine groups is 1. The molecule has 0 unspecified atom stereocenters. The van der Waals surface area contributed by atoms with E-state index in [1.165, 1.54) is 0 Å². The maximum atomic E-state index is 5.25. The number of hydrogen-bond donors (Lipinski definition) is 1. The van der Waals surface area contributed by atoms with Crippen molar-refractivity contribution in [2.75, 3.05) is 12.3 Å². The van der Waals surface area contributed by atoms with E-state index in [2.05, 4.69) is 4.99 Å². The van der Waals surface area contributed by atoms with Gasteiger partial charge in [-0.3, -0.25) is 4.99 Å². The van der Waals surface area contributed by atoms with Crippen molar-refractivity contribution in [3.8, 4) is 0 Å². The number of nitrogens with zero attached hydrogens (tertiary/aromatic N) is 1. The molecule has 60 valence electrons. The number of aliphatic imine (C=N–C) groups is 1. The van der Waals surface area contributed by atoms with Gasteiger partial charge < -0.3 is 5.73 Å². The Kier molecular flexibility index (Phi) is 6.85. The van der Waals surface area contributed by atoms with Crippen LogP contribution < -0.4 is 5.73 Å². The largest absolute Gasteiger partial charge is 0.379 e. The first kappa shape index (κ1) is 10.7. The van der Waals surface area contributed by atoms with Gasteiger partial charge in [-0.15, -0.1) is 0 Å². The lowest BCUT2D eigenvalue weighted by atomic mass is 10.8. The number of alkyl halides is 3. The zero-order valence-electron chi connectivity index (χ0n) is 5.06. The molecule has 1 aliphatic rings. The maximum Gasteiger partial charge on any atom is 0.180 e. The van der Waals surface area contributed by atoms with Gasteiger partial charge in [0.15, 0.2) is 9.46 Å². The number of hydrogen-bond acceptors (Lipinski definition) is 3. The molecule has 0 atom stereocenters. The first-order valence-electron chi connectivity index (χ1n) is 2.48. The summed E-state index contributed by atoms with van der Waals surface area (Å²) in [5.74, 6) is 1.08. The highest BCUT2D eigenvalue weighted by molar-refractivity contribution is 8.14. The van der Waals surface area contributed by atoms with Gasteiger partial charge in [0, 0.05) is 5.75 Å². The van der Waals surface area contributed by atoms with Crippen LogP contribution in [0.5, 0.6) is 0 Å². The van der Waals surface area contributed by atoms with Crippen molar-refractivity contribution in [1.29, 1.82) is 0 Å². The van der Waals surface area contributed by atoms with Gasteiger partial charge in [-0.1, -0.05) is 46.6 Å². The van der Waals surface area contributed by atoms with E-state index in [1.54, 1.807) is 11.8 Å². The third-order valence-electron chi connectivity index (χ3n) is 0.609. The quantitative estimate of drug-likeness (QED) is 0.636. The van der Waals surface area contributed by atoms with E-state index in [9.17, 15) is 0 Å². The molecule has 0 aromatic heterocycles. The first-order chi connectivity index (χ1) is 4.63. The van der Waals surface area contributed by atoms with Gasteiger partial charge in [0.1, 0.15) is 0 Å². The van der Waals surface area contributed by atoms with Gasteiger partial charge in [-0.05, 0) is 0 Å². The topological polar surface area (TPSA) is 38.4 Å². The van der Waals surface area contributed by atoms with E-state index >= 15 is 0 Å². The molecule has 10 heavy (non-hydrogen) atoms. The zero-order valence-corrected chi connectivity index (χ0v) is 8.14. The number of nitrogens with two attached hydrogens (primary N) is 1. The average molecular weight is 222 g/mol. The summed E-state index contributed by atoms with van der Waals surface area (Å²) in [6.07, 6.45) is 0. The van der Waals surface area contributed by atoms with Gasteiger partial charge in [0.2, 0.25) is 0 Å². The Bertz CT molecular complexity index is 114. The smallest absolute Gasteiger partial charge is 0.180 e. The van der Waals surface area contributed by atoms with Gasteiger partial charge >= 0.3 is 0 Å². The second-order valence-corrected chi connectivity index (χ2v) is 4.41. The fraction of sp³-hybridized carbons (Fsp3) is 0.750. The highest BCUT2D eigenvalue weighted by atomic mass is 35.6. The molecule has 0 aromatic carbocycles. The molecule has 1 aliphatic heterocycles. The van der Waals surface area contributed by atoms with E-state index in [0.29, 0.717) is 0 Å². The van der Waals surface area contributed by atoms with Crippen molar-refractivity contribution in [1.82, 2.24) is 0 Å². The molecule has 0 aromatic rings. The second kappa shape index (κ2) is 6.40. The Morgan fingerprint density at radius 1 is 1.50 bits per heavy atom. The standard InChI is InChI=1S/C3H6N2S.CHCl3/c4-3-5-1-2-6-3;2-1(3)4/h1-2H2,(H2,4,5);1H. The Balaban J connectivity index is 0.000000180. The lowest BCUT2D eigenvalue weighted by molar-refractivity contribution is 1.17. The summed E-state index contributed by atoms with van der Waals surface area (Å²) in [6, 6.07) is 0. The second-order valence-electron chi connectivity index (χ2n) is 1.32. The van der Waals surface area contributed by atoms with Crippen LogP contribution in [0.3, 0.4) is 0 Å². The third kappa shape index (κ3) is 8.69. The van der Waals surface area contributed by atoms with E-state index in [-0.39, 0.29) is 0 Å². The predicted molar refractivity (Wildman–Crippen MR) is 50.3 cm³/mol. The van der Waals surface area contributed by atoms with Crippen LogP contribution in [0.4, 0.5) is 0 Å². The molecule has 0 radical (unpaired) electrons. The third-order valence-corrected chi connectivity index (χ3v) is 1.42. The van der Waals surface area contributed by atoms with Crippen molar-refractivity contribution in [3.63, 3.8) is 0 Å². The van der Waals surface area contributed by atoms with Crippen molar-refractivity contribution >= 4 is 51.7 Å². The molecule has 0 fully saturated rings. The SMILES string of the molecule is ClC(Cl)Cl.NC1=NCCS1. The minimum Gasteiger partial charge on any atom is -0.379 e. The molecule has 2 nitrogen and oxygen atoms in total. The monoisotopic (exact) mass is 220 g/mol. The first-order valence-corrected chi connectivity index (χ1v) is 4.77. The van der Waals surface area contributed by atoms with Gasteiger partial charge in [-0.25, -0.2) is 0 Å². The molecule has 1 heterocycles. The summed E-state index contributed by atoms with van der Waals surface area (Å²) < 4.78 is -0.750. The molecule has 0 spiro atoms. The lowest BCUT2D eigenvalue weighted by Crippen LogP contribution is -2.00. The van der Waals surface area contributed by atoms with Gasteiger partial charge in [0.25, 0.3) is 0 Å². The van der Waals surface area contributed by atoms with E-state index in [0.717, 1.165) is 17.5 Å². The summed E-state index contributed by atoms with van der Waals surface area (Å²) in [7, 11) is 0. The highest BCUT2D eigenvalue weighted by Gasteiger charge is 1.98. The van der Waals surface area contributed by atoms with Crippen LogP contribution in [0.1, 0.15) is 0 Å². The summed E-state index contributed by atoms with van der Waals surface area (Å²) >= 11 is 16.0. The van der Waals surface area contributed by atoms with Crippen LogP contribution in [0.25, 0.3) is 0 Å². The number of thioether (sulfide) groups is 1. The van der Waals surface area contributed by atoms with E-state index in [1.807, 2.05) is 0 Å².